The first kappa shape index (κ1) is 33.9. The molecule has 0 spiro atoms. The summed E-state index contributed by atoms with van der Waals surface area (Å²) in [6.45, 7) is 20.0. The summed E-state index contributed by atoms with van der Waals surface area (Å²) in [6.07, 6.45) is 0. The Hall–Kier alpha value is -3.41. The van der Waals surface area contributed by atoms with E-state index in [0.717, 1.165) is 22.3 Å². The molecule has 4 aromatic carbocycles. The third-order valence-electron chi connectivity index (χ3n) is 9.39. The molecule has 6 nitrogen and oxygen atoms in total. The molecule has 0 amide bonds. The van der Waals surface area contributed by atoms with Gasteiger partial charge in [0.25, 0.3) is 0 Å². The molecule has 0 radical (unpaired) electrons. The molecule has 0 fully saturated rings. The van der Waals surface area contributed by atoms with Crippen molar-refractivity contribution in [1.82, 2.24) is 0 Å². The Morgan fingerprint density at radius 1 is 0.543 bits per heavy atom. The van der Waals surface area contributed by atoms with Crippen LogP contribution in [0.4, 0.5) is 0 Å². The SMILES string of the molecule is CC(C)(C)c1cc(C(C)(C)c2ccccc2)cc2c1OP(=O)(O)Oc1c(C(C)(C)C)cc(C(C)(C)c3ccccc3)cc1C2(O)O. The maximum absolute atomic E-state index is 13.9. The van der Waals surface area contributed by atoms with Crippen molar-refractivity contribution in [2.45, 2.75) is 96.7 Å². The van der Waals surface area contributed by atoms with Crippen LogP contribution in [0, 0.1) is 0 Å². The van der Waals surface area contributed by atoms with Crippen molar-refractivity contribution in [3.63, 3.8) is 0 Å². The molecule has 0 unspecified atom stereocenters. The van der Waals surface area contributed by atoms with Gasteiger partial charge in [0.05, 0.1) is 11.1 Å². The summed E-state index contributed by atoms with van der Waals surface area (Å²) in [5, 5.41) is 25.0. The molecule has 1 aliphatic rings. The second kappa shape index (κ2) is 11.1. The van der Waals surface area contributed by atoms with Crippen LogP contribution < -0.4 is 9.05 Å². The van der Waals surface area contributed by atoms with E-state index in [1.54, 1.807) is 12.1 Å². The molecule has 7 heteroatoms. The van der Waals surface area contributed by atoms with E-state index in [1.165, 1.54) is 0 Å². The van der Waals surface area contributed by atoms with Crippen LogP contribution in [-0.2, 0) is 32.0 Å². The molecule has 0 aliphatic carbocycles. The van der Waals surface area contributed by atoms with Crippen LogP contribution >= 0.6 is 7.82 Å². The van der Waals surface area contributed by atoms with Crippen LogP contribution in [-0.4, -0.2) is 15.1 Å². The molecule has 0 aromatic heterocycles. The Bertz CT molecular complexity index is 1680. The van der Waals surface area contributed by atoms with Gasteiger partial charge in [-0.05, 0) is 45.2 Å². The number of phosphoric acid groups is 1. The van der Waals surface area contributed by atoms with Crippen LogP contribution in [0.15, 0.2) is 84.9 Å². The maximum Gasteiger partial charge on any atom is 0.584 e. The molecule has 4 aromatic rings. The van der Waals surface area contributed by atoms with Gasteiger partial charge in [-0.3, -0.25) is 4.89 Å². The van der Waals surface area contributed by atoms with Crippen LogP contribution in [0.2, 0.25) is 0 Å². The minimum Gasteiger partial charge on any atom is -0.394 e. The Kier molecular flexibility index (Phi) is 8.19. The first-order chi connectivity index (χ1) is 21.1. The number of fused-ring (bicyclic) bond motifs is 2. The predicted molar refractivity (Wildman–Crippen MR) is 184 cm³/mol. The smallest absolute Gasteiger partial charge is 0.394 e. The molecule has 0 saturated heterocycles. The standard InChI is InChI=1S/C39H47O6P/c1-35(2,3)29-21-27(37(7,8)25-17-13-11-14-18-25)23-31-33(29)44-46(42,43)45-34-30(36(4,5)6)22-28(24-32(34)39(31,40)41)38(9,10)26-19-15-12-16-20-26/h11-24,40-41H,1-10H3,(H,42,43). The van der Waals surface area contributed by atoms with Gasteiger partial charge in [0.15, 0.2) is 0 Å². The molecule has 1 heterocycles. The fourth-order valence-corrected chi connectivity index (χ4v) is 7.14. The summed E-state index contributed by atoms with van der Waals surface area (Å²) < 4.78 is 25.6. The Labute approximate surface area is 273 Å². The Morgan fingerprint density at radius 2 is 0.870 bits per heavy atom. The molecular weight excluding hydrogens is 595 g/mol. The third kappa shape index (κ3) is 6.04. The predicted octanol–water partition coefficient (Wildman–Crippen LogP) is 8.99. The van der Waals surface area contributed by atoms with E-state index in [1.807, 2.05) is 114 Å². The Morgan fingerprint density at radius 3 is 1.17 bits per heavy atom. The summed E-state index contributed by atoms with van der Waals surface area (Å²) >= 11 is 0. The van der Waals surface area contributed by atoms with E-state index in [2.05, 4.69) is 27.7 Å². The van der Waals surface area contributed by atoms with E-state index in [0.29, 0.717) is 11.1 Å². The highest BCUT2D eigenvalue weighted by atomic mass is 31.2. The third-order valence-corrected chi connectivity index (χ3v) is 10.2. The summed E-state index contributed by atoms with van der Waals surface area (Å²) in [5.74, 6) is -2.82. The fourth-order valence-electron chi connectivity index (χ4n) is 6.25. The Balaban J connectivity index is 1.90. The van der Waals surface area contributed by atoms with Crippen molar-refractivity contribution >= 4 is 7.82 Å². The summed E-state index contributed by atoms with van der Waals surface area (Å²) in [6, 6.07) is 27.2. The van der Waals surface area contributed by atoms with E-state index in [9.17, 15) is 19.7 Å². The van der Waals surface area contributed by atoms with Gasteiger partial charge in [-0.15, -0.1) is 0 Å². The number of aliphatic hydroxyl groups is 2. The highest BCUT2D eigenvalue weighted by Gasteiger charge is 2.47. The van der Waals surface area contributed by atoms with Gasteiger partial charge in [0.1, 0.15) is 11.5 Å². The van der Waals surface area contributed by atoms with Crippen LogP contribution in [0.5, 0.6) is 11.5 Å². The minimum absolute atomic E-state index is 0.0210. The van der Waals surface area contributed by atoms with Crippen molar-refractivity contribution < 1.29 is 28.7 Å². The number of benzene rings is 4. The number of rotatable bonds is 4. The van der Waals surface area contributed by atoms with E-state index >= 15 is 0 Å². The monoisotopic (exact) mass is 642 g/mol. The second-order valence-electron chi connectivity index (χ2n) is 15.6. The first-order valence-corrected chi connectivity index (χ1v) is 17.2. The van der Waals surface area contributed by atoms with Crippen LogP contribution in [0.25, 0.3) is 0 Å². The lowest BCUT2D eigenvalue weighted by Gasteiger charge is -2.38. The first-order valence-electron chi connectivity index (χ1n) is 15.7. The van der Waals surface area contributed by atoms with E-state index in [-0.39, 0.29) is 22.6 Å². The molecule has 5 rings (SSSR count). The molecule has 0 bridgehead atoms. The zero-order chi connectivity index (χ0) is 34.1. The molecule has 1 aliphatic heterocycles. The largest absolute Gasteiger partial charge is 0.584 e. The van der Waals surface area contributed by atoms with Crippen molar-refractivity contribution in [3.05, 3.63) is 129 Å². The van der Waals surface area contributed by atoms with Gasteiger partial charge in [0.2, 0.25) is 5.79 Å². The molecule has 0 atom stereocenters. The van der Waals surface area contributed by atoms with Gasteiger partial charge in [0, 0.05) is 22.0 Å². The molecule has 244 valence electrons. The quantitative estimate of drug-likeness (QED) is 0.152. The molecular formula is C39H47O6P. The lowest BCUT2D eigenvalue weighted by Crippen LogP contribution is -2.34. The lowest BCUT2D eigenvalue weighted by atomic mass is 9.72. The molecule has 3 N–H and O–H groups in total. The highest BCUT2D eigenvalue weighted by Crippen LogP contribution is 2.58. The second-order valence-corrected chi connectivity index (χ2v) is 16.9. The van der Waals surface area contributed by atoms with Crippen LogP contribution in [0.1, 0.15) is 114 Å². The normalized spacial score (nSPS) is 16.3. The summed E-state index contributed by atoms with van der Waals surface area (Å²) in [4.78, 5) is 11.3. The number of hydrogen-bond acceptors (Lipinski definition) is 5. The van der Waals surface area contributed by atoms with E-state index < -0.39 is 35.3 Å². The minimum atomic E-state index is -4.82. The van der Waals surface area contributed by atoms with Gasteiger partial charge < -0.3 is 19.3 Å². The zero-order valence-electron chi connectivity index (χ0n) is 28.6. The van der Waals surface area contributed by atoms with Crippen molar-refractivity contribution in [1.29, 1.82) is 0 Å². The average molecular weight is 643 g/mol. The average Bonchev–Trinajstić information content (AvgIpc) is 2.95. The van der Waals surface area contributed by atoms with Crippen molar-refractivity contribution in [2.24, 2.45) is 0 Å². The number of hydrogen-bond donors (Lipinski definition) is 3. The van der Waals surface area contributed by atoms with Gasteiger partial charge in [-0.2, -0.15) is 0 Å². The summed E-state index contributed by atoms with van der Waals surface area (Å²) in [7, 11) is -4.82. The molecule has 0 saturated carbocycles. The van der Waals surface area contributed by atoms with Crippen molar-refractivity contribution in [3.8, 4) is 11.5 Å². The lowest BCUT2D eigenvalue weighted by molar-refractivity contribution is -0.134. The van der Waals surface area contributed by atoms with Gasteiger partial charge in [-0.25, -0.2) is 4.57 Å². The van der Waals surface area contributed by atoms with Gasteiger partial charge >= 0.3 is 7.82 Å². The van der Waals surface area contributed by atoms with Crippen molar-refractivity contribution in [2.75, 3.05) is 0 Å². The topological polar surface area (TPSA) is 96.2 Å². The zero-order valence-corrected chi connectivity index (χ0v) is 29.5. The summed E-state index contributed by atoms with van der Waals surface area (Å²) in [5.41, 5.74) is 2.36. The van der Waals surface area contributed by atoms with Gasteiger partial charge in [-0.1, -0.05) is 142 Å². The number of phosphoric ester groups is 1. The van der Waals surface area contributed by atoms with Crippen LogP contribution in [0.3, 0.4) is 0 Å². The van der Waals surface area contributed by atoms with E-state index in [4.69, 9.17) is 9.05 Å². The molecule has 46 heavy (non-hydrogen) atoms. The maximum atomic E-state index is 13.9. The fraction of sp³-hybridized carbons (Fsp3) is 0.385. The highest BCUT2D eigenvalue weighted by molar-refractivity contribution is 7.48.